The van der Waals surface area contributed by atoms with E-state index in [0.29, 0.717) is 6.42 Å². The van der Waals surface area contributed by atoms with Gasteiger partial charge in [-0.05, 0) is 57.3 Å². The van der Waals surface area contributed by atoms with Crippen molar-refractivity contribution in [1.82, 2.24) is 9.80 Å². The van der Waals surface area contributed by atoms with Crippen molar-refractivity contribution in [2.75, 3.05) is 14.1 Å². The zero-order valence-corrected chi connectivity index (χ0v) is 23.0. The van der Waals surface area contributed by atoms with Crippen LogP contribution in [0.4, 0.5) is 13.2 Å². The zero-order valence-electron chi connectivity index (χ0n) is 23.0. The fourth-order valence-corrected chi connectivity index (χ4v) is 7.21. The van der Waals surface area contributed by atoms with Gasteiger partial charge in [0.15, 0.2) is 11.4 Å². The summed E-state index contributed by atoms with van der Waals surface area (Å²) in [5.74, 6) is -8.82. The molecule has 5 rings (SSSR count). The number of aromatic hydroxyl groups is 1. The summed E-state index contributed by atoms with van der Waals surface area (Å²) in [5, 5.41) is 45.1. The molecule has 0 fully saturated rings. The maximum atomic E-state index is 14.7. The van der Waals surface area contributed by atoms with Crippen molar-refractivity contribution in [3.8, 4) is 5.75 Å². The molecule has 1 heterocycles. The SMILES string of the molecule is CC[C@H](C)N1Cc2c(O)c3c(c(C(F)(F)F)c2C1)C[C@H]1C[C@H]2[C@H](N(C)C)C(O)=C(C(N)=O)C(=O)[C@@]2(O)C(O)=C1C3=O. The lowest BCUT2D eigenvalue weighted by Gasteiger charge is -2.50. The Morgan fingerprint density at radius 2 is 1.76 bits per heavy atom. The molecule has 1 aliphatic heterocycles. The average Bonchev–Trinajstić information content (AvgIpc) is 3.29. The molecule has 0 bridgehead atoms. The number of aliphatic hydroxyl groups is 3. The van der Waals surface area contributed by atoms with Crippen molar-refractivity contribution < 1.29 is 48.0 Å². The van der Waals surface area contributed by atoms with Gasteiger partial charge >= 0.3 is 6.18 Å². The van der Waals surface area contributed by atoms with Crippen LogP contribution in [0, 0.1) is 11.8 Å². The van der Waals surface area contributed by atoms with Gasteiger partial charge in [-0.25, -0.2) is 0 Å². The number of phenolic OH excluding ortho intramolecular Hbond substituents is 1. The summed E-state index contributed by atoms with van der Waals surface area (Å²) in [6, 6.07) is -1.34. The lowest BCUT2D eigenvalue weighted by atomic mass is 9.58. The number of halogens is 3. The third-order valence-corrected chi connectivity index (χ3v) is 9.33. The fourth-order valence-electron chi connectivity index (χ4n) is 7.21. The van der Waals surface area contributed by atoms with Crippen LogP contribution in [0.3, 0.4) is 0 Å². The van der Waals surface area contributed by atoms with Crippen LogP contribution in [-0.2, 0) is 35.3 Å². The summed E-state index contributed by atoms with van der Waals surface area (Å²) in [6.45, 7) is 3.65. The number of alkyl halides is 3. The molecule has 10 nitrogen and oxygen atoms in total. The number of hydrogen-bond acceptors (Lipinski definition) is 9. The highest BCUT2D eigenvalue weighted by atomic mass is 19.4. The standard InChI is InChI=1S/C28H32F3N3O7/c1-5-10(2)34-8-13-14(9-34)21(35)17-12(19(13)28(29,30)31)6-11-7-15-20(33(3)4)23(37)18(26(32)40)25(39)27(15,41)24(38)16(11)22(17)36/h10-11,15,20,35,37-38,41H,5-9H2,1-4H3,(H2,32,40)/t10-,11-,15-,20-,27-/m0/s1. The number of aliphatic hydroxyl groups excluding tert-OH is 2. The van der Waals surface area contributed by atoms with E-state index >= 15 is 0 Å². The Morgan fingerprint density at radius 1 is 1.15 bits per heavy atom. The topological polar surface area (TPSA) is 165 Å². The van der Waals surface area contributed by atoms with E-state index in [0.717, 1.165) is 0 Å². The van der Waals surface area contributed by atoms with E-state index in [9.17, 15) is 48.0 Å². The van der Waals surface area contributed by atoms with Crippen LogP contribution < -0.4 is 5.73 Å². The summed E-state index contributed by atoms with van der Waals surface area (Å²) >= 11 is 0. The van der Waals surface area contributed by atoms with Crippen LogP contribution in [0.15, 0.2) is 22.7 Å². The summed E-state index contributed by atoms with van der Waals surface area (Å²) in [7, 11) is 2.94. The molecule has 0 saturated carbocycles. The lowest BCUT2D eigenvalue weighted by Crippen LogP contribution is -2.63. The first-order valence-corrected chi connectivity index (χ1v) is 13.3. The van der Waals surface area contributed by atoms with Gasteiger partial charge in [-0.1, -0.05) is 6.92 Å². The van der Waals surface area contributed by atoms with Crippen molar-refractivity contribution in [2.24, 2.45) is 17.6 Å². The molecule has 4 aliphatic rings. The van der Waals surface area contributed by atoms with Gasteiger partial charge in [0.25, 0.3) is 5.91 Å². The highest BCUT2D eigenvalue weighted by Crippen LogP contribution is 2.55. The highest BCUT2D eigenvalue weighted by molar-refractivity contribution is 6.24. The van der Waals surface area contributed by atoms with E-state index in [1.165, 1.54) is 19.0 Å². The number of likely N-dealkylation sites (N-methyl/N-ethyl adjacent to an activating group) is 1. The Labute approximate surface area is 233 Å². The van der Waals surface area contributed by atoms with Gasteiger partial charge in [0.1, 0.15) is 22.8 Å². The van der Waals surface area contributed by atoms with Crippen LogP contribution >= 0.6 is 0 Å². The summed E-state index contributed by atoms with van der Waals surface area (Å²) in [6.07, 6.45) is -4.93. The summed E-state index contributed by atoms with van der Waals surface area (Å²) < 4.78 is 44.0. The van der Waals surface area contributed by atoms with Crippen LogP contribution in [-0.4, -0.2) is 79.5 Å². The van der Waals surface area contributed by atoms with Crippen LogP contribution in [0.1, 0.15) is 59.3 Å². The van der Waals surface area contributed by atoms with Crippen LogP contribution in [0.25, 0.3) is 0 Å². The quantitative estimate of drug-likeness (QED) is 0.337. The minimum absolute atomic E-state index is 0.0185. The van der Waals surface area contributed by atoms with Gasteiger partial charge in [-0.15, -0.1) is 0 Å². The number of amides is 1. The molecule has 5 atom stereocenters. The van der Waals surface area contributed by atoms with Crippen molar-refractivity contribution in [1.29, 1.82) is 0 Å². The Kier molecular flexibility index (Phi) is 6.59. The number of phenols is 1. The number of rotatable bonds is 4. The van der Waals surface area contributed by atoms with E-state index in [1.807, 2.05) is 13.8 Å². The lowest BCUT2D eigenvalue weighted by molar-refractivity contribution is -0.148. The van der Waals surface area contributed by atoms with Crippen LogP contribution in [0.5, 0.6) is 5.75 Å². The highest BCUT2D eigenvalue weighted by Gasteiger charge is 2.63. The Hall–Kier alpha value is -3.42. The van der Waals surface area contributed by atoms with Gasteiger partial charge < -0.3 is 26.2 Å². The van der Waals surface area contributed by atoms with Crippen molar-refractivity contribution in [3.63, 3.8) is 0 Å². The third-order valence-electron chi connectivity index (χ3n) is 9.33. The molecule has 6 N–H and O–H groups in total. The van der Waals surface area contributed by atoms with E-state index < -0.39 is 98.7 Å². The van der Waals surface area contributed by atoms with Crippen molar-refractivity contribution in [3.05, 3.63) is 50.5 Å². The maximum absolute atomic E-state index is 14.7. The van der Waals surface area contributed by atoms with Crippen LogP contribution in [0.2, 0.25) is 0 Å². The average molecular weight is 580 g/mol. The fraction of sp³-hybridized carbons (Fsp3) is 0.536. The number of primary amides is 1. The molecule has 3 aliphatic carbocycles. The number of fused-ring (bicyclic) bond motifs is 4. The smallest absolute Gasteiger partial charge is 0.417 e. The molecule has 1 amide bonds. The first-order valence-electron chi connectivity index (χ1n) is 13.3. The van der Waals surface area contributed by atoms with Crippen molar-refractivity contribution in [2.45, 2.75) is 70.1 Å². The molecule has 0 saturated heterocycles. The second-order valence-corrected chi connectivity index (χ2v) is 11.7. The number of Topliss-reactive ketones (excluding diaryl/α,β-unsaturated/α-hetero) is 2. The molecule has 41 heavy (non-hydrogen) atoms. The number of nitrogens with two attached hydrogens (primary N) is 1. The molecular weight excluding hydrogens is 547 g/mol. The molecule has 222 valence electrons. The van der Waals surface area contributed by atoms with E-state index in [-0.39, 0.29) is 36.7 Å². The third kappa shape index (κ3) is 3.85. The number of carbonyl (C=O) groups is 3. The molecule has 0 aromatic heterocycles. The number of ketones is 2. The van der Waals surface area contributed by atoms with Gasteiger partial charge in [0, 0.05) is 36.2 Å². The van der Waals surface area contributed by atoms with Gasteiger partial charge in [0.2, 0.25) is 5.78 Å². The molecule has 0 spiro atoms. The van der Waals surface area contributed by atoms with Crippen molar-refractivity contribution >= 4 is 17.5 Å². The number of benzene rings is 1. The van der Waals surface area contributed by atoms with E-state index in [2.05, 4.69) is 0 Å². The van der Waals surface area contributed by atoms with Gasteiger partial charge in [-0.2, -0.15) is 13.2 Å². The Bertz CT molecular complexity index is 1460. The molecule has 0 unspecified atom stereocenters. The number of carbonyl (C=O) groups excluding carboxylic acids is 3. The molecule has 13 heteroatoms. The second-order valence-electron chi connectivity index (χ2n) is 11.7. The minimum atomic E-state index is -4.86. The molecular formula is C28H32F3N3O7. The molecule has 0 radical (unpaired) electrons. The normalized spacial score (nSPS) is 29.0. The first-order chi connectivity index (χ1) is 19.0. The Balaban J connectivity index is 1.75. The molecule has 1 aromatic carbocycles. The Morgan fingerprint density at radius 3 is 2.29 bits per heavy atom. The number of nitrogens with zero attached hydrogens (tertiary/aromatic N) is 2. The summed E-state index contributed by atoms with van der Waals surface area (Å²) in [5.41, 5.74) is -1.15. The second kappa shape index (κ2) is 9.30. The zero-order chi connectivity index (χ0) is 30.5. The van der Waals surface area contributed by atoms with Gasteiger partial charge in [-0.3, -0.25) is 24.2 Å². The summed E-state index contributed by atoms with van der Waals surface area (Å²) in [4.78, 5) is 42.5. The maximum Gasteiger partial charge on any atom is 0.417 e. The van der Waals surface area contributed by atoms with E-state index in [4.69, 9.17) is 5.73 Å². The minimum Gasteiger partial charge on any atom is -0.510 e. The number of allylic oxidation sites excluding steroid dienone is 1. The van der Waals surface area contributed by atoms with E-state index in [1.54, 1.807) is 4.90 Å². The first kappa shape index (κ1) is 29.1. The predicted octanol–water partition coefficient (Wildman–Crippen LogP) is 2.25. The molecule has 1 aromatic rings. The number of hydrogen-bond donors (Lipinski definition) is 5. The monoisotopic (exact) mass is 579 g/mol. The van der Waals surface area contributed by atoms with Gasteiger partial charge in [0.05, 0.1) is 17.2 Å². The largest absolute Gasteiger partial charge is 0.510 e. The predicted molar refractivity (Wildman–Crippen MR) is 138 cm³/mol.